The fourth-order valence-electron chi connectivity index (χ4n) is 12.2. The van der Waals surface area contributed by atoms with Gasteiger partial charge in [-0.3, -0.25) is 4.79 Å². The molecule has 3 fully saturated rings. The molecule has 0 aromatic rings. The first kappa shape index (κ1) is 80.5. The molecular weight excluding hydrogens is 1130 g/mol. The van der Waals surface area contributed by atoms with Gasteiger partial charge < -0.3 is 89.9 Å². The van der Waals surface area contributed by atoms with Gasteiger partial charge >= 0.3 is 0 Å². The number of rotatable bonds is 55. The second-order valence-electron chi connectivity index (χ2n) is 25.7. The molecule has 0 aromatic heterocycles. The van der Waals surface area contributed by atoms with Crippen LogP contribution in [0.4, 0.5) is 0 Å². The molecule has 0 bridgehead atoms. The van der Waals surface area contributed by atoms with Crippen molar-refractivity contribution in [2.75, 3.05) is 26.4 Å². The third-order valence-corrected chi connectivity index (χ3v) is 18.0. The van der Waals surface area contributed by atoms with Crippen molar-refractivity contribution >= 4 is 5.91 Å². The molecule has 0 aromatic carbocycles. The average Bonchev–Trinajstić information content (AvgIpc) is 2.57. The first-order valence-electron chi connectivity index (χ1n) is 35.6. The lowest BCUT2D eigenvalue weighted by atomic mass is 9.96. The third-order valence-electron chi connectivity index (χ3n) is 18.0. The largest absolute Gasteiger partial charge is 0.394 e. The summed E-state index contributed by atoms with van der Waals surface area (Å²) in [5, 5.41) is 120. The quantitative estimate of drug-likeness (QED) is 0.0199. The van der Waals surface area contributed by atoms with Gasteiger partial charge in [0.2, 0.25) is 5.91 Å². The van der Waals surface area contributed by atoms with Gasteiger partial charge in [-0.15, -0.1) is 0 Å². The van der Waals surface area contributed by atoms with Gasteiger partial charge in [0.15, 0.2) is 18.9 Å². The van der Waals surface area contributed by atoms with E-state index in [2.05, 4.69) is 31.3 Å². The van der Waals surface area contributed by atoms with Crippen LogP contribution in [-0.2, 0) is 33.2 Å². The van der Waals surface area contributed by atoms with Crippen LogP contribution >= 0.6 is 0 Å². The lowest BCUT2D eigenvalue weighted by molar-refractivity contribution is -0.379. The van der Waals surface area contributed by atoms with Crippen LogP contribution in [0, 0.1) is 0 Å². The number of hydrogen-bond donors (Lipinski definition) is 12. The minimum atomic E-state index is -1.98. The molecule has 0 spiro atoms. The minimum absolute atomic E-state index is 0.247. The van der Waals surface area contributed by atoms with Crippen molar-refractivity contribution < 1.29 is 89.4 Å². The van der Waals surface area contributed by atoms with Crippen molar-refractivity contribution in [3.63, 3.8) is 0 Å². The summed E-state index contributed by atoms with van der Waals surface area (Å²) in [5.74, 6) is -0.272. The van der Waals surface area contributed by atoms with E-state index in [9.17, 15) is 61.0 Å². The number of ether oxygens (including phenoxy) is 6. The summed E-state index contributed by atoms with van der Waals surface area (Å²) in [6, 6.07) is -0.970. The molecule has 1 amide bonds. The van der Waals surface area contributed by atoms with Crippen LogP contribution < -0.4 is 5.32 Å². The van der Waals surface area contributed by atoms with Crippen molar-refractivity contribution in [1.82, 2.24) is 5.32 Å². The van der Waals surface area contributed by atoms with Gasteiger partial charge in [0.25, 0.3) is 0 Å². The average molecular weight is 1260 g/mol. The van der Waals surface area contributed by atoms with E-state index in [0.717, 1.165) is 44.9 Å². The molecule has 19 nitrogen and oxygen atoms in total. The molecule has 17 atom stereocenters. The van der Waals surface area contributed by atoms with Crippen LogP contribution in [0.3, 0.4) is 0 Å². The lowest BCUT2D eigenvalue weighted by Gasteiger charge is -2.48. The van der Waals surface area contributed by atoms with Crippen molar-refractivity contribution in [2.24, 2.45) is 0 Å². The number of aliphatic hydroxyl groups excluding tert-OH is 11. The van der Waals surface area contributed by atoms with Crippen LogP contribution in [0.25, 0.3) is 0 Å². The van der Waals surface area contributed by atoms with E-state index in [1.807, 2.05) is 6.08 Å². The summed E-state index contributed by atoms with van der Waals surface area (Å²) in [5.41, 5.74) is 0. The first-order chi connectivity index (χ1) is 42.8. The molecule has 518 valence electrons. The first-order valence-corrected chi connectivity index (χ1v) is 35.6. The summed E-state index contributed by atoms with van der Waals surface area (Å²) in [6.07, 6.45) is 31.7. The van der Waals surface area contributed by atoms with Crippen LogP contribution in [-0.4, -0.2) is 193 Å². The summed E-state index contributed by atoms with van der Waals surface area (Å²) in [7, 11) is 0. The van der Waals surface area contributed by atoms with E-state index >= 15 is 0 Å². The number of carbonyl (C=O) groups excluding carboxylic acids is 1. The highest BCUT2D eigenvalue weighted by atomic mass is 16.8. The number of amides is 1. The predicted octanol–water partition coefficient (Wildman–Crippen LogP) is 9.44. The number of hydrogen-bond acceptors (Lipinski definition) is 18. The van der Waals surface area contributed by atoms with E-state index in [0.29, 0.717) is 6.42 Å². The van der Waals surface area contributed by atoms with Gasteiger partial charge in [0, 0.05) is 6.42 Å². The third kappa shape index (κ3) is 33.4. The highest BCUT2D eigenvalue weighted by Gasteiger charge is 2.53. The Morgan fingerprint density at radius 2 is 0.716 bits per heavy atom. The lowest BCUT2D eigenvalue weighted by Crippen LogP contribution is -2.66. The molecule has 0 aliphatic carbocycles. The van der Waals surface area contributed by atoms with Crippen LogP contribution in [0.2, 0.25) is 0 Å². The minimum Gasteiger partial charge on any atom is -0.394 e. The van der Waals surface area contributed by atoms with Crippen LogP contribution in [0.15, 0.2) is 24.3 Å². The van der Waals surface area contributed by atoms with Crippen molar-refractivity contribution in [2.45, 2.75) is 381 Å². The molecule has 17 unspecified atom stereocenters. The molecule has 3 aliphatic heterocycles. The predicted molar refractivity (Wildman–Crippen MR) is 342 cm³/mol. The Kier molecular flexibility index (Phi) is 47.3. The Hall–Kier alpha value is -1.73. The second-order valence-corrected chi connectivity index (χ2v) is 25.7. The smallest absolute Gasteiger partial charge is 0.220 e. The maximum absolute atomic E-state index is 13.4. The van der Waals surface area contributed by atoms with E-state index in [4.69, 9.17) is 28.4 Å². The number of carbonyl (C=O) groups is 1. The molecule has 0 radical (unpaired) electrons. The Bertz CT molecular complexity index is 1690. The van der Waals surface area contributed by atoms with Gasteiger partial charge in [-0.1, -0.05) is 250 Å². The highest BCUT2D eigenvalue weighted by Crippen LogP contribution is 2.33. The van der Waals surface area contributed by atoms with Gasteiger partial charge in [0.05, 0.1) is 38.6 Å². The van der Waals surface area contributed by atoms with Gasteiger partial charge in [-0.25, -0.2) is 0 Å². The standard InChI is InChI=1S/C69H129NO18/c1-3-5-7-9-11-13-15-17-19-20-21-22-23-24-25-26-27-28-29-30-31-32-33-35-37-39-41-43-45-47-57(75)70-52(53(74)46-44-42-40-38-36-34-18-16-14-12-10-8-6-4-2)51-83-67-63(81)60(78)65(55(49-72)85-67)88-69-64(82)61(79)66(56(50-73)86-69)87-68-62(80)59(77)58(76)54(48-71)84-68/h20-21,44,46,52-56,58-69,71-74,76-82H,3-19,22-43,45,47-51H2,1-2H3,(H,70,75)/b21-20-,46-44+. The van der Waals surface area contributed by atoms with Crippen molar-refractivity contribution in [1.29, 1.82) is 0 Å². The number of nitrogens with one attached hydrogen (secondary N) is 1. The van der Waals surface area contributed by atoms with Gasteiger partial charge in [-0.2, -0.15) is 0 Å². The zero-order valence-corrected chi connectivity index (χ0v) is 54.7. The van der Waals surface area contributed by atoms with E-state index in [-0.39, 0.29) is 18.9 Å². The van der Waals surface area contributed by atoms with E-state index in [1.54, 1.807) is 6.08 Å². The van der Waals surface area contributed by atoms with Crippen molar-refractivity contribution in [3.8, 4) is 0 Å². The maximum Gasteiger partial charge on any atom is 0.220 e. The van der Waals surface area contributed by atoms with Crippen LogP contribution in [0.5, 0.6) is 0 Å². The maximum atomic E-state index is 13.4. The summed E-state index contributed by atoms with van der Waals surface area (Å²) >= 11 is 0. The molecule has 3 saturated heterocycles. The molecule has 19 heteroatoms. The summed E-state index contributed by atoms with van der Waals surface area (Å²) in [6.45, 7) is 1.75. The number of aliphatic hydroxyl groups is 11. The molecular formula is C69H129NO18. The summed E-state index contributed by atoms with van der Waals surface area (Å²) < 4.78 is 34.3. The number of allylic oxidation sites excluding steroid dienone is 3. The summed E-state index contributed by atoms with van der Waals surface area (Å²) in [4.78, 5) is 13.4. The van der Waals surface area contributed by atoms with Gasteiger partial charge in [0.1, 0.15) is 73.2 Å². The zero-order chi connectivity index (χ0) is 64.0. The normalized spacial score (nSPS) is 28.5. The molecule has 0 saturated carbocycles. The Balaban J connectivity index is 1.38. The molecule has 88 heavy (non-hydrogen) atoms. The SMILES string of the molecule is CCCCCCCCCC/C=C\CCCCCCCCCCCCCCCCCCCC(=O)NC(COC1OC(CO)C(OC2OC(CO)C(OC3OC(CO)C(O)C(O)C3O)C(O)C2O)C(O)C1O)C(O)/C=C/CCCCCCCCCCCCCC. The monoisotopic (exact) mass is 1260 g/mol. The topological polar surface area (TPSA) is 307 Å². The Morgan fingerprint density at radius 3 is 1.10 bits per heavy atom. The molecule has 12 N–H and O–H groups in total. The van der Waals surface area contributed by atoms with Crippen LogP contribution in [0.1, 0.15) is 277 Å². The molecule has 3 aliphatic rings. The number of unbranched alkanes of at least 4 members (excludes halogenated alkanes) is 37. The van der Waals surface area contributed by atoms with E-state index in [1.165, 1.54) is 205 Å². The Labute approximate surface area is 530 Å². The Morgan fingerprint density at radius 1 is 0.398 bits per heavy atom. The highest BCUT2D eigenvalue weighted by molar-refractivity contribution is 5.76. The van der Waals surface area contributed by atoms with Crippen molar-refractivity contribution in [3.05, 3.63) is 24.3 Å². The molecule has 3 heterocycles. The second kappa shape index (κ2) is 51.7. The van der Waals surface area contributed by atoms with E-state index < -0.39 is 124 Å². The molecule has 3 rings (SSSR count). The zero-order valence-electron chi connectivity index (χ0n) is 54.7. The fraction of sp³-hybridized carbons (Fsp3) is 0.928. The van der Waals surface area contributed by atoms with Gasteiger partial charge in [-0.05, 0) is 44.9 Å². The fourth-order valence-corrected chi connectivity index (χ4v) is 12.2.